The molecule has 2 aliphatic rings. The lowest BCUT2D eigenvalue weighted by Crippen LogP contribution is -2.47. The molecule has 130 valence electrons. The zero-order valence-corrected chi connectivity index (χ0v) is 14.0. The smallest absolute Gasteiger partial charge is 0.409 e. The maximum absolute atomic E-state index is 12.4. The summed E-state index contributed by atoms with van der Waals surface area (Å²) in [5.74, 6) is 0.0550. The van der Waals surface area contributed by atoms with E-state index in [0.29, 0.717) is 26.1 Å². The molecule has 5 heteroatoms. The topological polar surface area (TPSA) is 75.8 Å². The summed E-state index contributed by atoms with van der Waals surface area (Å²) in [7, 11) is 0. The summed E-state index contributed by atoms with van der Waals surface area (Å²) in [6.45, 7) is 1.04. The van der Waals surface area contributed by atoms with Crippen molar-refractivity contribution in [3.63, 3.8) is 0 Å². The number of aliphatic hydroxyl groups is 1. The van der Waals surface area contributed by atoms with Crippen LogP contribution in [-0.2, 0) is 4.74 Å². The van der Waals surface area contributed by atoms with Crippen molar-refractivity contribution < 1.29 is 14.6 Å². The molecule has 0 aromatic heterocycles. The molecule has 1 aliphatic carbocycles. The number of ether oxygens (including phenoxy) is 1. The zero-order chi connectivity index (χ0) is 17.4. The van der Waals surface area contributed by atoms with Gasteiger partial charge in [-0.3, -0.25) is 0 Å². The van der Waals surface area contributed by atoms with Crippen LogP contribution in [-0.4, -0.2) is 47.9 Å². The van der Waals surface area contributed by atoms with Crippen LogP contribution in [0.5, 0.6) is 0 Å². The van der Waals surface area contributed by atoms with Gasteiger partial charge in [0.25, 0.3) is 0 Å². The highest BCUT2D eigenvalue weighted by atomic mass is 16.6. The molecule has 1 heterocycles. The number of carbonyl (C=O) groups excluding carboxylic acids is 1. The number of likely N-dealkylation sites (tertiary alicyclic amines) is 1. The third kappa shape index (κ3) is 2.79. The van der Waals surface area contributed by atoms with Gasteiger partial charge in [-0.15, -0.1) is 0 Å². The molecule has 0 bridgehead atoms. The van der Waals surface area contributed by atoms with Crippen LogP contribution in [0.15, 0.2) is 48.5 Å². The van der Waals surface area contributed by atoms with Crippen molar-refractivity contribution in [2.75, 3.05) is 26.3 Å². The first-order chi connectivity index (χ1) is 12.1. The molecule has 2 aromatic rings. The first kappa shape index (κ1) is 16.1. The van der Waals surface area contributed by atoms with E-state index in [-0.39, 0.29) is 18.6 Å². The summed E-state index contributed by atoms with van der Waals surface area (Å²) in [5.41, 5.74) is 10.1. The standard InChI is InChI=1S/C20H22N2O3/c21-20(13-23)9-10-22(12-20)19(24)25-11-18-16-7-3-1-5-14(16)15-6-2-4-8-17(15)18/h1-8,18,23H,9-13,21H2. The lowest BCUT2D eigenvalue weighted by Gasteiger charge is -2.22. The molecule has 3 N–H and O–H groups in total. The van der Waals surface area contributed by atoms with E-state index in [1.165, 1.54) is 22.3 Å². The van der Waals surface area contributed by atoms with Gasteiger partial charge in [-0.25, -0.2) is 4.79 Å². The fraction of sp³-hybridized carbons (Fsp3) is 0.350. The van der Waals surface area contributed by atoms with E-state index in [0.717, 1.165) is 0 Å². The van der Waals surface area contributed by atoms with Crippen molar-refractivity contribution in [2.45, 2.75) is 17.9 Å². The number of amides is 1. The second kappa shape index (κ2) is 6.17. The van der Waals surface area contributed by atoms with Crippen molar-refractivity contribution >= 4 is 6.09 Å². The quantitative estimate of drug-likeness (QED) is 0.901. The van der Waals surface area contributed by atoms with Crippen molar-refractivity contribution in [1.82, 2.24) is 4.90 Å². The number of fused-ring (bicyclic) bond motifs is 3. The third-order valence-electron chi connectivity index (χ3n) is 5.29. The molecule has 1 fully saturated rings. The number of carbonyl (C=O) groups is 1. The largest absolute Gasteiger partial charge is 0.448 e. The van der Waals surface area contributed by atoms with Crippen LogP contribution in [0, 0.1) is 0 Å². The van der Waals surface area contributed by atoms with Crippen molar-refractivity contribution in [2.24, 2.45) is 5.73 Å². The fourth-order valence-electron chi connectivity index (χ4n) is 3.87. The molecule has 1 unspecified atom stereocenters. The molecule has 5 nitrogen and oxygen atoms in total. The molecule has 1 saturated heterocycles. The van der Waals surface area contributed by atoms with E-state index in [2.05, 4.69) is 24.3 Å². The summed E-state index contributed by atoms with van der Waals surface area (Å²) in [6.07, 6.45) is 0.232. The van der Waals surface area contributed by atoms with Crippen molar-refractivity contribution in [3.05, 3.63) is 59.7 Å². The predicted molar refractivity (Wildman–Crippen MR) is 95.3 cm³/mol. The highest BCUT2D eigenvalue weighted by Crippen LogP contribution is 2.44. The van der Waals surface area contributed by atoms with Gasteiger partial charge in [0.15, 0.2) is 0 Å². The maximum atomic E-state index is 12.4. The SMILES string of the molecule is NC1(CO)CCN(C(=O)OCC2c3ccccc3-c3ccccc32)C1. The van der Waals surface area contributed by atoms with Crippen LogP contribution < -0.4 is 5.73 Å². The second-order valence-electron chi connectivity index (χ2n) is 7.00. The molecule has 0 radical (unpaired) electrons. The monoisotopic (exact) mass is 338 g/mol. The number of rotatable bonds is 3. The van der Waals surface area contributed by atoms with E-state index >= 15 is 0 Å². The summed E-state index contributed by atoms with van der Waals surface area (Å²) in [4.78, 5) is 14.0. The number of hydrogen-bond acceptors (Lipinski definition) is 4. The van der Waals surface area contributed by atoms with Crippen LogP contribution in [0.3, 0.4) is 0 Å². The van der Waals surface area contributed by atoms with Gasteiger partial charge >= 0.3 is 6.09 Å². The molecule has 0 spiro atoms. The van der Waals surface area contributed by atoms with Crippen LogP contribution >= 0.6 is 0 Å². The molecule has 4 rings (SSSR count). The Morgan fingerprint density at radius 2 is 1.76 bits per heavy atom. The van der Waals surface area contributed by atoms with Gasteiger partial charge in [0, 0.05) is 19.0 Å². The average Bonchev–Trinajstić information content (AvgIpc) is 3.19. The summed E-state index contributed by atoms with van der Waals surface area (Å²) >= 11 is 0. The summed E-state index contributed by atoms with van der Waals surface area (Å²) in [6, 6.07) is 16.5. The zero-order valence-electron chi connectivity index (χ0n) is 14.0. The van der Waals surface area contributed by atoms with Crippen LogP contribution in [0.1, 0.15) is 23.5 Å². The van der Waals surface area contributed by atoms with Crippen LogP contribution in [0.2, 0.25) is 0 Å². The minimum atomic E-state index is -0.703. The lowest BCUT2D eigenvalue weighted by molar-refractivity contribution is 0.103. The fourth-order valence-corrected chi connectivity index (χ4v) is 3.87. The number of aliphatic hydroxyl groups excluding tert-OH is 1. The molecule has 0 saturated carbocycles. The maximum Gasteiger partial charge on any atom is 0.409 e. The minimum Gasteiger partial charge on any atom is -0.448 e. The highest BCUT2D eigenvalue weighted by Gasteiger charge is 2.37. The number of nitrogens with two attached hydrogens (primary N) is 1. The Morgan fingerprint density at radius 1 is 1.16 bits per heavy atom. The lowest BCUT2D eigenvalue weighted by atomic mass is 9.98. The Hall–Kier alpha value is -2.37. The Labute approximate surface area is 147 Å². The normalized spacial score (nSPS) is 21.9. The van der Waals surface area contributed by atoms with Crippen LogP contribution in [0.25, 0.3) is 11.1 Å². The van der Waals surface area contributed by atoms with E-state index in [4.69, 9.17) is 10.5 Å². The van der Waals surface area contributed by atoms with E-state index in [1.807, 2.05) is 24.3 Å². The average molecular weight is 338 g/mol. The Bertz CT molecular complexity index is 762. The first-order valence-electron chi connectivity index (χ1n) is 8.61. The minimum absolute atomic E-state index is 0.0550. The van der Waals surface area contributed by atoms with Gasteiger partial charge in [0.05, 0.1) is 12.1 Å². The first-order valence-corrected chi connectivity index (χ1v) is 8.61. The molecular weight excluding hydrogens is 316 g/mol. The van der Waals surface area contributed by atoms with Crippen molar-refractivity contribution in [3.8, 4) is 11.1 Å². The predicted octanol–water partition coefficient (Wildman–Crippen LogP) is 2.33. The number of nitrogens with zero attached hydrogens (tertiary/aromatic N) is 1. The molecule has 25 heavy (non-hydrogen) atoms. The Balaban J connectivity index is 1.49. The van der Waals surface area contributed by atoms with E-state index in [1.54, 1.807) is 4.90 Å². The Kier molecular flexibility index (Phi) is 3.98. The van der Waals surface area contributed by atoms with Gasteiger partial charge < -0.3 is 20.5 Å². The van der Waals surface area contributed by atoms with Gasteiger partial charge in [-0.1, -0.05) is 48.5 Å². The highest BCUT2D eigenvalue weighted by molar-refractivity contribution is 5.79. The van der Waals surface area contributed by atoms with Gasteiger partial charge in [0.1, 0.15) is 6.61 Å². The van der Waals surface area contributed by atoms with Gasteiger partial charge in [0.2, 0.25) is 0 Å². The second-order valence-corrected chi connectivity index (χ2v) is 7.00. The molecule has 1 atom stereocenters. The summed E-state index contributed by atoms with van der Waals surface area (Å²) in [5, 5.41) is 9.34. The van der Waals surface area contributed by atoms with Gasteiger partial charge in [-0.2, -0.15) is 0 Å². The van der Waals surface area contributed by atoms with Gasteiger partial charge in [-0.05, 0) is 28.7 Å². The third-order valence-corrected chi connectivity index (χ3v) is 5.29. The molecule has 2 aromatic carbocycles. The summed E-state index contributed by atoms with van der Waals surface area (Å²) < 4.78 is 5.61. The van der Waals surface area contributed by atoms with E-state index in [9.17, 15) is 9.90 Å². The van der Waals surface area contributed by atoms with Crippen molar-refractivity contribution in [1.29, 1.82) is 0 Å². The van der Waals surface area contributed by atoms with Crippen LogP contribution in [0.4, 0.5) is 4.79 Å². The number of benzene rings is 2. The molecular formula is C20H22N2O3. The van der Waals surface area contributed by atoms with E-state index < -0.39 is 5.54 Å². The molecule has 1 amide bonds. The Morgan fingerprint density at radius 3 is 2.32 bits per heavy atom. The molecule has 1 aliphatic heterocycles. The number of hydrogen-bond donors (Lipinski definition) is 2.